The summed E-state index contributed by atoms with van der Waals surface area (Å²) >= 11 is 0. The Kier molecular flexibility index (Phi) is 3.89. The van der Waals surface area contributed by atoms with Gasteiger partial charge in [0.05, 0.1) is 5.60 Å². The maximum atomic E-state index is 9.53. The van der Waals surface area contributed by atoms with Gasteiger partial charge in [0.2, 0.25) is 0 Å². The monoisotopic (exact) mass is 207 g/mol. The molecule has 0 aliphatic rings. The second-order valence-electron chi connectivity index (χ2n) is 4.83. The van der Waals surface area contributed by atoms with Crippen LogP contribution in [0.2, 0.25) is 0 Å². The summed E-state index contributed by atoms with van der Waals surface area (Å²) in [7, 11) is 0. The Labute approximate surface area is 92.3 Å². The van der Waals surface area contributed by atoms with Crippen LogP contribution in [0.15, 0.2) is 18.2 Å². The van der Waals surface area contributed by atoms with E-state index in [1.807, 2.05) is 0 Å². The van der Waals surface area contributed by atoms with Crippen molar-refractivity contribution in [3.8, 4) is 0 Å². The van der Waals surface area contributed by atoms with E-state index < -0.39 is 5.60 Å². The molecule has 0 unspecified atom stereocenters. The molecule has 0 saturated heterocycles. The molecular formula is C13H21NO. The van der Waals surface area contributed by atoms with Crippen LogP contribution in [-0.2, 0) is 6.54 Å². The molecule has 0 amide bonds. The minimum absolute atomic E-state index is 0.611. The average molecular weight is 207 g/mol. The highest BCUT2D eigenvalue weighted by Gasteiger charge is 2.10. The van der Waals surface area contributed by atoms with Crippen molar-refractivity contribution >= 4 is 0 Å². The smallest absolute Gasteiger partial charge is 0.0715 e. The van der Waals surface area contributed by atoms with Crippen LogP contribution in [0, 0.1) is 13.8 Å². The number of benzene rings is 1. The van der Waals surface area contributed by atoms with Crippen LogP contribution in [0.3, 0.4) is 0 Å². The molecule has 0 bridgehead atoms. The third kappa shape index (κ3) is 4.45. The van der Waals surface area contributed by atoms with Gasteiger partial charge in [0.1, 0.15) is 0 Å². The second-order valence-corrected chi connectivity index (χ2v) is 4.83. The summed E-state index contributed by atoms with van der Waals surface area (Å²) in [5.41, 5.74) is 3.26. The van der Waals surface area contributed by atoms with Gasteiger partial charge >= 0.3 is 0 Å². The molecule has 0 aliphatic carbocycles. The molecule has 0 fully saturated rings. The highest BCUT2D eigenvalue weighted by Crippen LogP contribution is 2.09. The van der Waals surface area contributed by atoms with Gasteiger partial charge < -0.3 is 10.4 Å². The molecule has 2 nitrogen and oxygen atoms in total. The largest absolute Gasteiger partial charge is 0.389 e. The van der Waals surface area contributed by atoms with E-state index in [9.17, 15) is 5.11 Å². The lowest BCUT2D eigenvalue weighted by Gasteiger charge is -2.17. The highest BCUT2D eigenvalue weighted by molar-refractivity contribution is 5.29. The number of hydrogen-bond acceptors (Lipinski definition) is 2. The summed E-state index contributed by atoms with van der Waals surface area (Å²) in [6.45, 7) is 9.27. The lowest BCUT2D eigenvalue weighted by Crippen LogP contribution is -2.34. The summed E-state index contributed by atoms with van der Waals surface area (Å²) in [5.74, 6) is 0. The van der Waals surface area contributed by atoms with Gasteiger partial charge in [-0.15, -0.1) is 0 Å². The maximum absolute atomic E-state index is 9.53. The van der Waals surface area contributed by atoms with Gasteiger partial charge in [0.25, 0.3) is 0 Å². The Balaban J connectivity index is 2.48. The van der Waals surface area contributed by atoms with Gasteiger partial charge in [-0.25, -0.2) is 0 Å². The number of hydrogen-bond donors (Lipinski definition) is 2. The zero-order valence-corrected chi connectivity index (χ0v) is 10.1. The van der Waals surface area contributed by atoms with E-state index in [0.717, 1.165) is 6.54 Å². The molecule has 0 atom stereocenters. The van der Waals surface area contributed by atoms with E-state index in [1.165, 1.54) is 16.7 Å². The number of nitrogens with one attached hydrogen (secondary N) is 1. The first kappa shape index (κ1) is 12.2. The third-order valence-corrected chi connectivity index (χ3v) is 2.46. The second kappa shape index (κ2) is 4.77. The first-order valence-electron chi connectivity index (χ1n) is 5.38. The SMILES string of the molecule is Cc1ccc(CNCC(C)(C)O)cc1C. The fraction of sp³-hybridized carbons (Fsp3) is 0.538. The van der Waals surface area contributed by atoms with Gasteiger partial charge in [-0.1, -0.05) is 18.2 Å². The standard InChI is InChI=1S/C13H21NO/c1-10-5-6-12(7-11(10)2)8-14-9-13(3,4)15/h5-7,14-15H,8-9H2,1-4H3. The maximum Gasteiger partial charge on any atom is 0.0715 e. The van der Waals surface area contributed by atoms with Crippen LogP contribution in [0.1, 0.15) is 30.5 Å². The molecule has 15 heavy (non-hydrogen) atoms. The van der Waals surface area contributed by atoms with Crippen LogP contribution in [0.5, 0.6) is 0 Å². The van der Waals surface area contributed by atoms with E-state index in [2.05, 4.69) is 37.4 Å². The van der Waals surface area contributed by atoms with Crippen LogP contribution < -0.4 is 5.32 Å². The van der Waals surface area contributed by atoms with Gasteiger partial charge in [-0.3, -0.25) is 0 Å². The minimum atomic E-state index is -0.639. The minimum Gasteiger partial charge on any atom is -0.389 e. The molecule has 0 spiro atoms. The third-order valence-electron chi connectivity index (χ3n) is 2.46. The van der Waals surface area contributed by atoms with E-state index in [1.54, 1.807) is 13.8 Å². The van der Waals surface area contributed by atoms with Crippen molar-refractivity contribution in [3.63, 3.8) is 0 Å². The number of aryl methyl sites for hydroxylation is 2. The molecule has 0 saturated carbocycles. The molecule has 0 aromatic heterocycles. The van der Waals surface area contributed by atoms with Crippen LogP contribution in [0.4, 0.5) is 0 Å². The number of rotatable bonds is 4. The quantitative estimate of drug-likeness (QED) is 0.793. The Morgan fingerprint density at radius 3 is 2.40 bits per heavy atom. The van der Waals surface area contributed by atoms with Crippen molar-refractivity contribution < 1.29 is 5.11 Å². The van der Waals surface area contributed by atoms with Crippen molar-refractivity contribution in [2.24, 2.45) is 0 Å². The predicted octanol–water partition coefficient (Wildman–Crippen LogP) is 2.16. The Morgan fingerprint density at radius 1 is 1.20 bits per heavy atom. The summed E-state index contributed by atoms with van der Waals surface area (Å²) in [5, 5.41) is 12.8. The Bertz CT molecular complexity index is 326. The first-order chi connectivity index (χ1) is 6.88. The first-order valence-corrected chi connectivity index (χ1v) is 5.38. The molecule has 1 aromatic carbocycles. The zero-order chi connectivity index (χ0) is 11.5. The lowest BCUT2D eigenvalue weighted by molar-refractivity contribution is 0.0795. The van der Waals surface area contributed by atoms with Gasteiger partial charge in [-0.2, -0.15) is 0 Å². The van der Waals surface area contributed by atoms with E-state index in [0.29, 0.717) is 6.54 Å². The van der Waals surface area contributed by atoms with Crippen LogP contribution >= 0.6 is 0 Å². The Hall–Kier alpha value is -0.860. The van der Waals surface area contributed by atoms with Crippen LogP contribution in [0.25, 0.3) is 0 Å². The summed E-state index contributed by atoms with van der Waals surface area (Å²) < 4.78 is 0. The van der Waals surface area contributed by atoms with Crippen LogP contribution in [-0.4, -0.2) is 17.3 Å². The van der Waals surface area contributed by atoms with Crippen molar-refractivity contribution in [2.75, 3.05) is 6.54 Å². The lowest BCUT2D eigenvalue weighted by atomic mass is 10.1. The zero-order valence-electron chi connectivity index (χ0n) is 10.1. The molecule has 2 heteroatoms. The van der Waals surface area contributed by atoms with E-state index in [-0.39, 0.29) is 0 Å². The average Bonchev–Trinajstić information content (AvgIpc) is 2.09. The van der Waals surface area contributed by atoms with Crippen molar-refractivity contribution in [2.45, 2.75) is 39.8 Å². The predicted molar refractivity (Wildman–Crippen MR) is 63.9 cm³/mol. The van der Waals surface area contributed by atoms with Crippen molar-refractivity contribution in [3.05, 3.63) is 34.9 Å². The molecule has 84 valence electrons. The van der Waals surface area contributed by atoms with Crippen molar-refractivity contribution in [1.82, 2.24) is 5.32 Å². The molecule has 0 aliphatic heterocycles. The van der Waals surface area contributed by atoms with Gasteiger partial charge in [0, 0.05) is 13.1 Å². The fourth-order valence-electron chi connectivity index (χ4n) is 1.43. The topological polar surface area (TPSA) is 32.3 Å². The normalized spacial score (nSPS) is 11.8. The molecular weight excluding hydrogens is 186 g/mol. The number of aliphatic hydroxyl groups is 1. The Morgan fingerprint density at radius 2 is 1.87 bits per heavy atom. The summed E-state index contributed by atoms with van der Waals surface area (Å²) in [6.07, 6.45) is 0. The molecule has 0 heterocycles. The van der Waals surface area contributed by atoms with E-state index in [4.69, 9.17) is 0 Å². The van der Waals surface area contributed by atoms with Gasteiger partial charge in [0.15, 0.2) is 0 Å². The molecule has 1 aromatic rings. The molecule has 2 N–H and O–H groups in total. The molecule has 1 rings (SSSR count). The van der Waals surface area contributed by atoms with Crippen molar-refractivity contribution in [1.29, 1.82) is 0 Å². The highest BCUT2D eigenvalue weighted by atomic mass is 16.3. The van der Waals surface area contributed by atoms with Gasteiger partial charge in [-0.05, 0) is 44.4 Å². The molecule has 0 radical (unpaired) electrons. The summed E-state index contributed by atoms with van der Waals surface area (Å²) in [6, 6.07) is 6.45. The summed E-state index contributed by atoms with van der Waals surface area (Å²) in [4.78, 5) is 0. The fourth-order valence-corrected chi connectivity index (χ4v) is 1.43. The van der Waals surface area contributed by atoms with E-state index >= 15 is 0 Å².